The Kier molecular flexibility index (Phi) is 5.87. The number of halogens is 3. The van der Waals surface area contributed by atoms with Crippen molar-refractivity contribution in [3.05, 3.63) is 35.4 Å². The molecule has 0 N–H and O–H groups in total. The molecule has 0 unspecified atom stereocenters. The van der Waals surface area contributed by atoms with Gasteiger partial charge in [-0.05, 0) is 11.6 Å². The van der Waals surface area contributed by atoms with Crippen LogP contribution in [-0.2, 0) is 31.3 Å². The number of hydrogen-bond donors (Lipinski definition) is 0. The Morgan fingerprint density at radius 2 is 1.88 bits per heavy atom. The van der Waals surface area contributed by atoms with E-state index in [1.807, 2.05) is 0 Å². The van der Waals surface area contributed by atoms with Crippen molar-refractivity contribution in [1.82, 2.24) is 4.90 Å². The lowest BCUT2D eigenvalue weighted by molar-refractivity contribution is -0.137. The molecule has 0 aromatic heterocycles. The van der Waals surface area contributed by atoms with Crippen LogP contribution in [0.1, 0.15) is 17.5 Å². The lowest BCUT2D eigenvalue weighted by Crippen LogP contribution is -2.41. The molecule has 1 aliphatic heterocycles. The molecule has 1 fully saturated rings. The number of benzene rings is 1. The maximum Gasteiger partial charge on any atom is 0.416 e. The molecule has 0 aliphatic carbocycles. The number of morpholine rings is 1. The SMILES string of the molecule is O=C(CCS(=O)(=O)Cc1cccc(C(F)(F)F)c1)N1CCOCC1. The lowest BCUT2D eigenvalue weighted by Gasteiger charge is -2.26. The van der Waals surface area contributed by atoms with Gasteiger partial charge in [0, 0.05) is 19.5 Å². The molecule has 0 spiro atoms. The molecule has 0 atom stereocenters. The largest absolute Gasteiger partial charge is 0.416 e. The highest BCUT2D eigenvalue weighted by atomic mass is 32.2. The van der Waals surface area contributed by atoms with Gasteiger partial charge in [-0.1, -0.05) is 18.2 Å². The van der Waals surface area contributed by atoms with Crippen molar-refractivity contribution in [2.75, 3.05) is 32.1 Å². The van der Waals surface area contributed by atoms with E-state index in [1.54, 1.807) is 0 Å². The molecule has 134 valence electrons. The number of alkyl halides is 3. The number of carbonyl (C=O) groups is 1. The molecule has 9 heteroatoms. The second-order valence-corrected chi connectivity index (χ2v) is 7.72. The fourth-order valence-electron chi connectivity index (χ4n) is 2.38. The lowest BCUT2D eigenvalue weighted by atomic mass is 10.1. The van der Waals surface area contributed by atoms with Crippen LogP contribution in [0.15, 0.2) is 24.3 Å². The minimum Gasteiger partial charge on any atom is -0.378 e. The average Bonchev–Trinajstić information content (AvgIpc) is 2.52. The topological polar surface area (TPSA) is 63.7 Å². The second kappa shape index (κ2) is 7.52. The summed E-state index contributed by atoms with van der Waals surface area (Å²) in [5.41, 5.74) is -0.830. The van der Waals surface area contributed by atoms with E-state index in [9.17, 15) is 26.4 Å². The van der Waals surface area contributed by atoms with Gasteiger partial charge in [0.05, 0.1) is 30.3 Å². The summed E-state index contributed by atoms with van der Waals surface area (Å²) in [5, 5.41) is 0. The summed E-state index contributed by atoms with van der Waals surface area (Å²) in [6, 6.07) is 4.21. The molecule has 1 aliphatic rings. The highest BCUT2D eigenvalue weighted by Crippen LogP contribution is 2.29. The van der Waals surface area contributed by atoms with Crippen molar-refractivity contribution in [3.63, 3.8) is 0 Å². The zero-order chi connectivity index (χ0) is 17.8. The van der Waals surface area contributed by atoms with Gasteiger partial charge in [0.15, 0.2) is 9.84 Å². The summed E-state index contributed by atoms with van der Waals surface area (Å²) in [7, 11) is -3.68. The number of carbonyl (C=O) groups excluding carboxylic acids is 1. The van der Waals surface area contributed by atoms with Gasteiger partial charge in [-0.3, -0.25) is 4.79 Å². The molecular formula is C15H18F3NO4S. The zero-order valence-electron chi connectivity index (χ0n) is 12.9. The van der Waals surface area contributed by atoms with Crippen molar-refractivity contribution in [1.29, 1.82) is 0 Å². The fraction of sp³-hybridized carbons (Fsp3) is 0.533. The van der Waals surface area contributed by atoms with Crippen molar-refractivity contribution < 1.29 is 31.1 Å². The van der Waals surface area contributed by atoms with Crippen LogP contribution in [0.5, 0.6) is 0 Å². The molecule has 1 amide bonds. The highest BCUT2D eigenvalue weighted by molar-refractivity contribution is 7.90. The minimum atomic E-state index is -4.52. The van der Waals surface area contributed by atoms with Crippen molar-refractivity contribution in [2.24, 2.45) is 0 Å². The van der Waals surface area contributed by atoms with E-state index < -0.39 is 27.3 Å². The Bertz CT molecular complexity index is 682. The summed E-state index contributed by atoms with van der Waals surface area (Å²) in [5.74, 6) is -1.20. The summed E-state index contributed by atoms with van der Waals surface area (Å²) in [6.45, 7) is 1.68. The van der Waals surface area contributed by atoms with Crippen molar-refractivity contribution in [3.8, 4) is 0 Å². The van der Waals surface area contributed by atoms with Gasteiger partial charge in [-0.2, -0.15) is 13.2 Å². The summed E-state index contributed by atoms with van der Waals surface area (Å²) < 4.78 is 67.2. The standard InChI is InChI=1S/C15H18F3NO4S/c16-15(17,18)13-3-1-2-12(10-13)11-24(21,22)9-4-14(20)19-5-7-23-8-6-19/h1-3,10H,4-9,11H2. The normalized spacial score (nSPS) is 16.2. The van der Waals surface area contributed by atoms with Gasteiger partial charge in [0.2, 0.25) is 5.91 Å². The molecule has 0 radical (unpaired) electrons. The molecular weight excluding hydrogens is 347 g/mol. The van der Waals surface area contributed by atoms with E-state index in [1.165, 1.54) is 17.0 Å². The van der Waals surface area contributed by atoms with Crippen molar-refractivity contribution >= 4 is 15.7 Å². The number of ether oxygens (including phenoxy) is 1. The van der Waals surface area contributed by atoms with Crippen LogP contribution < -0.4 is 0 Å². The van der Waals surface area contributed by atoms with Crippen LogP contribution in [-0.4, -0.2) is 51.3 Å². The van der Waals surface area contributed by atoms with Gasteiger partial charge >= 0.3 is 6.18 Å². The van der Waals surface area contributed by atoms with Gasteiger partial charge in [0.25, 0.3) is 0 Å². The molecule has 1 heterocycles. The Morgan fingerprint density at radius 1 is 1.21 bits per heavy atom. The van der Waals surface area contributed by atoms with E-state index in [4.69, 9.17) is 4.74 Å². The molecule has 1 saturated heterocycles. The second-order valence-electron chi connectivity index (χ2n) is 5.53. The molecule has 0 bridgehead atoms. The quantitative estimate of drug-likeness (QED) is 0.799. The molecule has 1 aromatic rings. The first kappa shape index (κ1) is 18.7. The number of rotatable bonds is 5. The summed E-state index contributed by atoms with van der Waals surface area (Å²) in [4.78, 5) is 13.5. The van der Waals surface area contributed by atoms with E-state index in [-0.39, 0.29) is 23.6 Å². The molecule has 2 rings (SSSR count). The van der Waals surface area contributed by atoms with E-state index >= 15 is 0 Å². The van der Waals surface area contributed by atoms with Gasteiger partial charge < -0.3 is 9.64 Å². The third-order valence-electron chi connectivity index (χ3n) is 3.63. The van der Waals surface area contributed by atoms with Gasteiger partial charge in [0.1, 0.15) is 0 Å². The Hall–Kier alpha value is -1.61. The highest BCUT2D eigenvalue weighted by Gasteiger charge is 2.30. The zero-order valence-corrected chi connectivity index (χ0v) is 13.7. The smallest absolute Gasteiger partial charge is 0.378 e. The maximum atomic E-state index is 12.7. The fourth-order valence-corrected chi connectivity index (χ4v) is 3.69. The monoisotopic (exact) mass is 365 g/mol. The first-order valence-electron chi connectivity index (χ1n) is 7.39. The predicted molar refractivity (Wildman–Crippen MR) is 81.0 cm³/mol. The Labute approximate surface area is 138 Å². The third-order valence-corrected chi connectivity index (χ3v) is 5.23. The van der Waals surface area contributed by atoms with Crippen molar-refractivity contribution in [2.45, 2.75) is 18.3 Å². The van der Waals surface area contributed by atoms with Crippen LogP contribution in [0, 0.1) is 0 Å². The predicted octanol–water partition coefficient (Wildman–Crippen LogP) is 1.87. The number of hydrogen-bond acceptors (Lipinski definition) is 4. The van der Waals surface area contributed by atoms with E-state index in [0.717, 1.165) is 12.1 Å². The minimum absolute atomic E-state index is 0.0589. The molecule has 0 saturated carbocycles. The van der Waals surface area contributed by atoms with Crippen LogP contribution in [0.25, 0.3) is 0 Å². The summed E-state index contributed by atoms with van der Waals surface area (Å²) >= 11 is 0. The van der Waals surface area contributed by atoms with Crippen LogP contribution >= 0.6 is 0 Å². The van der Waals surface area contributed by atoms with Crippen LogP contribution in [0.2, 0.25) is 0 Å². The number of nitrogens with zero attached hydrogens (tertiary/aromatic N) is 1. The average molecular weight is 365 g/mol. The van der Waals surface area contributed by atoms with E-state index in [2.05, 4.69) is 0 Å². The Balaban J connectivity index is 1.95. The third kappa shape index (κ3) is 5.48. The number of sulfone groups is 1. The molecule has 24 heavy (non-hydrogen) atoms. The molecule has 1 aromatic carbocycles. The van der Waals surface area contributed by atoms with Gasteiger partial charge in [-0.15, -0.1) is 0 Å². The molecule has 5 nitrogen and oxygen atoms in total. The van der Waals surface area contributed by atoms with Crippen LogP contribution in [0.4, 0.5) is 13.2 Å². The Morgan fingerprint density at radius 3 is 2.50 bits per heavy atom. The van der Waals surface area contributed by atoms with Crippen LogP contribution in [0.3, 0.4) is 0 Å². The van der Waals surface area contributed by atoms with E-state index in [0.29, 0.717) is 26.3 Å². The maximum absolute atomic E-state index is 12.7. The number of amides is 1. The first-order chi connectivity index (χ1) is 11.2. The first-order valence-corrected chi connectivity index (χ1v) is 9.22. The van der Waals surface area contributed by atoms with Gasteiger partial charge in [-0.25, -0.2) is 8.42 Å². The summed E-state index contributed by atoms with van der Waals surface area (Å²) in [6.07, 6.45) is -4.70.